The number of benzene rings is 2. The molecule has 3 nitrogen and oxygen atoms in total. The van der Waals surface area contributed by atoms with Gasteiger partial charge in [0.25, 0.3) is 0 Å². The Morgan fingerprint density at radius 2 is 1.85 bits per heavy atom. The van der Waals surface area contributed by atoms with Gasteiger partial charge in [-0.25, -0.2) is 4.68 Å². The van der Waals surface area contributed by atoms with E-state index in [1.807, 2.05) is 53.3 Å². The van der Waals surface area contributed by atoms with Crippen LogP contribution in [-0.4, -0.2) is 14.8 Å². The van der Waals surface area contributed by atoms with Crippen LogP contribution in [0.3, 0.4) is 0 Å². The highest BCUT2D eigenvalue weighted by molar-refractivity contribution is 6.31. The summed E-state index contributed by atoms with van der Waals surface area (Å²) < 4.78 is 1.89. The molecule has 0 saturated heterocycles. The van der Waals surface area contributed by atoms with Gasteiger partial charge in [0.2, 0.25) is 0 Å². The third kappa shape index (κ3) is 1.75. The normalized spacial score (nSPS) is 11.2. The minimum absolute atomic E-state index is 0.688. The Kier molecular flexibility index (Phi) is 2.47. The second-order valence-electron chi connectivity index (χ2n) is 4.62. The summed E-state index contributed by atoms with van der Waals surface area (Å²) >= 11 is 6.02. The van der Waals surface area contributed by atoms with Crippen LogP contribution in [0.25, 0.3) is 27.5 Å². The van der Waals surface area contributed by atoms with Crippen molar-refractivity contribution in [3.8, 4) is 5.69 Å². The quantitative estimate of drug-likeness (QED) is 0.522. The molecule has 0 aliphatic carbocycles. The molecule has 0 radical (unpaired) electrons. The smallest absolute Gasteiger partial charge is 0.0927 e. The highest BCUT2D eigenvalue weighted by atomic mass is 35.5. The zero-order chi connectivity index (χ0) is 13.5. The van der Waals surface area contributed by atoms with Crippen molar-refractivity contribution < 1.29 is 0 Å². The van der Waals surface area contributed by atoms with Crippen LogP contribution in [0.5, 0.6) is 0 Å². The number of aromatic nitrogens is 3. The third-order valence-electron chi connectivity index (χ3n) is 3.34. The number of rotatable bonds is 1. The van der Waals surface area contributed by atoms with Gasteiger partial charge in [0, 0.05) is 28.2 Å². The molecule has 0 unspecified atom stereocenters. The Hall–Kier alpha value is -2.39. The summed E-state index contributed by atoms with van der Waals surface area (Å²) in [6.45, 7) is 0. The summed E-state index contributed by atoms with van der Waals surface area (Å²) in [6.07, 6.45) is 3.80. The lowest BCUT2D eigenvalue weighted by atomic mass is 10.2. The molecule has 0 saturated carbocycles. The van der Waals surface area contributed by atoms with Gasteiger partial charge in [-0.3, -0.25) is 4.98 Å². The van der Waals surface area contributed by atoms with E-state index in [0.717, 1.165) is 27.5 Å². The molecule has 2 aromatic heterocycles. The van der Waals surface area contributed by atoms with Crippen molar-refractivity contribution in [2.24, 2.45) is 0 Å². The first-order valence-corrected chi connectivity index (χ1v) is 6.68. The predicted octanol–water partition coefficient (Wildman–Crippen LogP) is 4.23. The van der Waals surface area contributed by atoms with Crippen molar-refractivity contribution >= 4 is 33.4 Å². The molecule has 4 aromatic rings. The van der Waals surface area contributed by atoms with Gasteiger partial charge in [0.15, 0.2) is 0 Å². The summed E-state index contributed by atoms with van der Waals surface area (Å²) in [5.41, 5.74) is 2.85. The van der Waals surface area contributed by atoms with Gasteiger partial charge in [0.1, 0.15) is 0 Å². The molecule has 4 heteroatoms. The van der Waals surface area contributed by atoms with E-state index in [4.69, 9.17) is 11.6 Å². The number of hydrogen-bond acceptors (Lipinski definition) is 2. The molecular weight excluding hydrogens is 270 g/mol. The molecule has 0 aliphatic heterocycles. The van der Waals surface area contributed by atoms with Gasteiger partial charge >= 0.3 is 0 Å². The molecular formula is C16H10ClN3. The Balaban J connectivity index is 2.01. The zero-order valence-corrected chi connectivity index (χ0v) is 11.2. The van der Waals surface area contributed by atoms with E-state index in [2.05, 4.69) is 16.1 Å². The van der Waals surface area contributed by atoms with Crippen molar-refractivity contribution in [1.29, 1.82) is 0 Å². The summed E-state index contributed by atoms with van der Waals surface area (Å²) in [5.74, 6) is 0. The van der Waals surface area contributed by atoms with E-state index in [1.165, 1.54) is 0 Å². The lowest BCUT2D eigenvalue weighted by Gasteiger charge is -2.05. The van der Waals surface area contributed by atoms with Crippen LogP contribution in [0, 0.1) is 0 Å². The number of fused-ring (bicyclic) bond motifs is 2. The van der Waals surface area contributed by atoms with E-state index in [-0.39, 0.29) is 0 Å². The molecule has 2 aromatic carbocycles. The molecule has 20 heavy (non-hydrogen) atoms. The van der Waals surface area contributed by atoms with Crippen LogP contribution < -0.4 is 0 Å². The Labute approximate surface area is 120 Å². The van der Waals surface area contributed by atoms with E-state index in [9.17, 15) is 0 Å². The number of pyridine rings is 1. The number of nitrogens with zero attached hydrogens (tertiary/aromatic N) is 3. The highest BCUT2D eigenvalue weighted by Gasteiger charge is 2.07. The van der Waals surface area contributed by atoms with Crippen molar-refractivity contribution in [1.82, 2.24) is 14.8 Å². The molecule has 0 N–H and O–H groups in total. The van der Waals surface area contributed by atoms with Crippen molar-refractivity contribution in [3.63, 3.8) is 0 Å². The van der Waals surface area contributed by atoms with Gasteiger partial charge in [-0.1, -0.05) is 29.8 Å². The van der Waals surface area contributed by atoms with Gasteiger partial charge < -0.3 is 0 Å². The molecule has 0 aliphatic rings. The van der Waals surface area contributed by atoms with Crippen molar-refractivity contribution in [2.75, 3.05) is 0 Å². The van der Waals surface area contributed by atoms with E-state index >= 15 is 0 Å². The maximum Gasteiger partial charge on any atom is 0.0927 e. The summed E-state index contributed by atoms with van der Waals surface area (Å²) in [7, 11) is 0. The van der Waals surface area contributed by atoms with Crippen LogP contribution in [0.2, 0.25) is 5.02 Å². The Morgan fingerprint density at radius 3 is 2.75 bits per heavy atom. The van der Waals surface area contributed by atoms with Crippen LogP contribution in [0.1, 0.15) is 0 Å². The SMILES string of the molecule is Clc1ccc2c(-n3cc4ccccc4n3)ccnc2c1. The van der Waals surface area contributed by atoms with Crippen LogP contribution >= 0.6 is 11.6 Å². The fourth-order valence-corrected chi connectivity index (χ4v) is 2.56. The topological polar surface area (TPSA) is 30.7 Å². The molecule has 0 amide bonds. The molecule has 0 bridgehead atoms. The lowest BCUT2D eigenvalue weighted by molar-refractivity contribution is 0.902. The van der Waals surface area contributed by atoms with Crippen LogP contribution in [0.4, 0.5) is 0 Å². The summed E-state index contributed by atoms with van der Waals surface area (Å²) in [4.78, 5) is 4.36. The average Bonchev–Trinajstić information content (AvgIpc) is 2.90. The highest BCUT2D eigenvalue weighted by Crippen LogP contribution is 2.24. The largest absolute Gasteiger partial charge is 0.256 e. The van der Waals surface area contributed by atoms with Crippen LogP contribution in [0.15, 0.2) is 60.9 Å². The first-order chi connectivity index (χ1) is 9.81. The maximum atomic E-state index is 6.02. The van der Waals surface area contributed by atoms with Gasteiger partial charge in [-0.15, -0.1) is 0 Å². The van der Waals surface area contributed by atoms with Gasteiger partial charge in [-0.05, 0) is 30.3 Å². The Morgan fingerprint density at radius 1 is 0.950 bits per heavy atom. The molecule has 4 rings (SSSR count). The van der Waals surface area contributed by atoms with Crippen molar-refractivity contribution in [2.45, 2.75) is 0 Å². The predicted molar refractivity (Wildman–Crippen MR) is 81.4 cm³/mol. The molecule has 0 atom stereocenters. The molecule has 0 fully saturated rings. The first-order valence-electron chi connectivity index (χ1n) is 6.30. The zero-order valence-electron chi connectivity index (χ0n) is 10.5. The fourth-order valence-electron chi connectivity index (χ4n) is 2.39. The number of hydrogen-bond donors (Lipinski definition) is 0. The second-order valence-corrected chi connectivity index (χ2v) is 5.06. The second kappa shape index (κ2) is 4.32. The monoisotopic (exact) mass is 279 g/mol. The summed E-state index contributed by atoms with van der Waals surface area (Å²) in [6, 6.07) is 15.7. The summed E-state index contributed by atoms with van der Waals surface area (Å²) in [5, 5.41) is 7.45. The minimum Gasteiger partial charge on any atom is -0.256 e. The lowest BCUT2D eigenvalue weighted by Crippen LogP contribution is -1.96. The van der Waals surface area contributed by atoms with Gasteiger partial charge in [-0.2, -0.15) is 5.10 Å². The van der Waals surface area contributed by atoms with Crippen LogP contribution in [-0.2, 0) is 0 Å². The first kappa shape index (κ1) is 11.4. The molecule has 2 heterocycles. The fraction of sp³-hybridized carbons (Fsp3) is 0. The minimum atomic E-state index is 0.688. The third-order valence-corrected chi connectivity index (χ3v) is 3.58. The maximum absolute atomic E-state index is 6.02. The standard InChI is InChI=1S/C16H10ClN3/c17-12-5-6-13-15(9-12)18-8-7-16(13)20-10-11-3-1-2-4-14(11)19-20/h1-10H. The average molecular weight is 280 g/mol. The number of halogens is 1. The van der Waals surface area contributed by atoms with E-state index < -0.39 is 0 Å². The van der Waals surface area contributed by atoms with Gasteiger partial charge in [0.05, 0.1) is 16.7 Å². The Bertz CT molecular complexity index is 894. The van der Waals surface area contributed by atoms with E-state index in [1.54, 1.807) is 6.20 Å². The van der Waals surface area contributed by atoms with E-state index in [0.29, 0.717) is 5.02 Å². The molecule has 0 spiro atoms. The molecule has 96 valence electrons. The van der Waals surface area contributed by atoms with Crippen molar-refractivity contribution in [3.05, 3.63) is 65.9 Å².